The number of thiophene rings is 1. The first-order valence-electron chi connectivity index (χ1n) is 12.3. The van der Waals surface area contributed by atoms with Crippen LogP contribution in [0.25, 0.3) is 0 Å². The normalized spacial score (nSPS) is 18.6. The molecule has 1 saturated heterocycles. The number of fused-ring (bicyclic) bond motifs is 1. The lowest BCUT2D eigenvalue weighted by Crippen LogP contribution is -2.45. The highest BCUT2D eigenvalue weighted by molar-refractivity contribution is 7.10. The Balaban J connectivity index is 1.28. The molecule has 188 valence electrons. The highest BCUT2D eigenvalue weighted by Gasteiger charge is 2.33. The molecule has 8 heteroatoms. The van der Waals surface area contributed by atoms with Crippen molar-refractivity contribution in [1.82, 2.24) is 14.7 Å². The maximum atomic E-state index is 13.5. The van der Waals surface area contributed by atoms with Gasteiger partial charge < -0.3 is 9.80 Å². The quantitative estimate of drug-likeness (QED) is 0.426. The van der Waals surface area contributed by atoms with Gasteiger partial charge >= 0.3 is 0 Å². The lowest BCUT2D eigenvalue weighted by molar-refractivity contribution is -0.132. The Morgan fingerprint density at radius 3 is 2.53 bits per heavy atom. The Labute approximate surface area is 226 Å². The second-order valence-electron chi connectivity index (χ2n) is 9.43. The summed E-state index contributed by atoms with van der Waals surface area (Å²) in [5.41, 5.74) is 4.27. The number of benzene rings is 2. The van der Waals surface area contributed by atoms with Gasteiger partial charge in [-0.1, -0.05) is 47.5 Å². The summed E-state index contributed by atoms with van der Waals surface area (Å²) >= 11 is 14.1. The molecule has 2 aliphatic rings. The van der Waals surface area contributed by atoms with E-state index in [-0.39, 0.29) is 17.9 Å². The van der Waals surface area contributed by atoms with Crippen molar-refractivity contribution in [2.24, 2.45) is 0 Å². The molecule has 5 rings (SSSR count). The molecule has 1 fully saturated rings. The maximum absolute atomic E-state index is 13.5. The van der Waals surface area contributed by atoms with E-state index in [1.807, 2.05) is 16.2 Å². The van der Waals surface area contributed by atoms with Crippen LogP contribution in [0.4, 0.5) is 0 Å². The minimum Gasteiger partial charge on any atom is -0.340 e. The number of amides is 2. The monoisotopic (exact) mass is 541 g/mol. The van der Waals surface area contributed by atoms with Gasteiger partial charge in [0.1, 0.15) is 0 Å². The smallest absolute Gasteiger partial charge is 0.255 e. The van der Waals surface area contributed by atoms with E-state index in [2.05, 4.69) is 47.5 Å². The van der Waals surface area contributed by atoms with E-state index in [1.54, 1.807) is 23.1 Å². The van der Waals surface area contributed by atoms with E-state index in [1.165, 1.54) is 21.6 Å². The van der Waals surface area contributed by atoms with Crippen LogP contribution in [0.5, 0.6) is 0 Å². The summed E-state index contributed by atoms with van der Waals surface area (Å²) < 4.78 is 0. The van der Waals surface area contributed by atoms with Gasteiger partial charge in [-0.05, 0) is 66.1 Å². The van der Waals surface area contributed by atoms with Gasteiger partial charge in [-0.25, -0.2) is 0 Å². The first kappa shape index (κ1) is 25.3. The predicted molar refractivity (Wildman–Crippen MR) is 146 cm³/mol. The Morgan fingerprint density at radius 2 is 1.72 bits per heavy atom. The fourth-order valence-corrected chi connectivity index (χ4v) is 6.67. The van der Waals surface area contributed by atoms with E-state index in [0.717, 1.165) is 19.4 Å². The zero-order valence-corrected chi connectivity index (χ0v) is 22.6. The summed E-state index contributed by atoms with van der Waals surface area (Å²) in [7, 11) is 0. The molecule has 2 aliphatic heterocycles. The minimum atomic E-state index is -0.119. The lowest BCUT2D eigenvalue weighted by Gasteiger charge is -2.37. The standard InChI is InChI=1S/C28H29Cl2N3O2S/c1-19-5-2-3-6-21(19)27-23-10-16-36-25(23)9-13-33(27)18-26(34)31-11-4-12-32(15-14-31)28(35)22-8-7-20(29)17-24(22)30/h2-3,5-8,10,16-17,27H,4,9,11-15,18H2,1H3/t27-/m1/s1. The molecule has 0 bridgehead atoms. The zero-order valence-electron chi connectivity index (χ0n) is 20.3. The lowest BCUT2D eigenvalue weighted by atomic mass is 9.90. The molecular weight excluding hydrogens is 513 g/mol. The Kier molecular flexibility index (Phi) is 7.68. The molecular formula is C28H29Cl2N3O2S. The van der Waals surface area contributed by atoms with Gasteiger partial charge in [-0.15, -0.1) is 11.3 Å². The van der Waals surface area contributed by atoms with E-state index >= 15 is 0 Å². The molecule has 1 atom stereocenters. The van der Waals surface area contributed by atoms with Crippen LogP contribution in [0.15, 0.2) is 53.9 Å². The average molecular weight is 543 g/mol. The van der Waals surface area contributed by atoms with E-state index < -0.39 is 0 Å². The average Bonchev–Trinajstić information content (AvgIpc) is 3.20. The van der Waals surface area contributed by atoms with Crippen molar-refractivity contribution in [2.75, 3.05) is 39.3 Å². The van der Waals surface area contributed by atoms with Gasteiger partial charge in [0.05, 0.1) is 23.2 Å². The van der Waals surface area contributed by atoms with Crippen molar-refractivity contribution in [1.29, 1.82) is 0 Å². The summed E-state index contributed by atoms with van der Waals surface area (Å²) in [5.74, 6) is -0.00214. The molecule has 3 heterocycles. The third-order valence-electron chi connectivity index (χ3n) is 7.18. The van der Waals surface area contributed by atoms with Crippen molar-refractivity contribution in [2.45, 2.75) is 25.8 Å². The van der Waals surface area contributed by atoms with Gasteiger partial charge in [-0.2, -0.15) is 0 Å². The van der Waals surface area contributed by atoms with Gasteiger partial charge in [0.15, 0.2) is 0 Å². The Morgan fingerprint density at radius 1 is 0.944 bits per heavy atom. The first-order chi connectivity index (χ1) is 17.4. The summed E-state index contributed by atoms with van der Waals surface area (Å²) in [6, 6.07) is 15.7. The van der Waals surface area contributed by atoms with Gasteiger partial charge in [0.2, 0.25) is 5.91 Å². The number of carbonyl (C=O) groups excluding carboxylic acids is 2. The molecule has 5 nitrogen and oxygen atoms in total. The number of halogens is 2. The van der Waals surface area contributed by atoms with Crippen molar-refractivity contribution in [3.05, 3.63) is 91.1 Å². The summed E-state index contributed by atoms with van der Waals surface area (Å²) in [6.45, 7) is 5.60. The Bertz CT molecular complexity index is 1280. The van der Waals surface area contributed by atoms with Crippen LogP contribution in [0.3, 0.4) is 0 Å². The number of carbonyl (C=O) groups is 2. The molecule has 1 aromatic heterocycles. The van der Waals surface area contributed by atoms with Crippen molar-refractivity contribution < 1.29 is 9.59 Å². The maximum Gasteiger partial charge on any atom is 0.255 e. The number of nitrogens with zero attached hydrogens (tertiary/aromatic N) is 3. The largest absolute Gasteiger partial charge is 0.340 e. The molecule has 0 spiro atoms. The third kappa shape index (κ3) is 5.18. The molecule has 36 heavy (non-hydrogen) atoms. The van der Waals surface area contributed by atoms with Crippen LogP contribution >= 0.6 is 34.5 Å². The molecule has 0 aliphatic carbocycles. The summed E-state index contributed by atoms with van der Waals surface area (Å²) in [6.07, 6.45) is 1.70. The molecule has 0 unspecified atom stereocenters. The topological polar surface area (TPSA) is 43.9 Å². The second-order valence-corrected chi connectivity index (χ2v) is 11.3. The molecule has 2 amide bonds. The number of hydrogen-bond donors (Lipinski definition) is 0. The van der Waals surface area contributed by atoms with Gasteiger partial charge in [-0.3, -0.25) is 14.5 Å². The van der Waals surface area contributed by atoms with E-state index in [9.17, 15) is 9.59 Å². The molecule has 3 aromatic rings. The predicted octanol–water partition coefficient (Wildman–Crippen LogP) is 5.69. The van der Waals surface area contributed by atoms with E-state index in [4.69, 9.17) is 23.2 Å². The molecule has 0 N–H and O–H groups in total. The molecule has 2 aromatic carbocycles. The SMILES string of the molecule is Cc1ccccc1[C@@H]1c2ccsc2CCN1CC(=O)N1CCCN(C(=O)c2ccc(Cl)cc2Cl)CC1. The third-order valence-corrected chi connectivity index (χ3v) is 8.73. The van der Waals surface area contributed by atoms with Crippen LogP contribution in [0, 0.1) is 6.92 Å². The number of rotatable bonds is 4. The van der Waals surface area contributed by atoms with Crippen LogP contribution in [-0.4, -0.2) is 65.8 Å². The summed E-state index contributed by atoms with van der Waals surface area (Å²) in [4.78, 5) is 34.0. The number of aryl methyl sites for hydroxylation is 1. The van der Waals surface area contributed by atoms with E-state index in [0.29, 0.717) is 48.3 Å². The van der Waals surface area contributed by atoms with Crippen LogP contribution in [0.1, 0.15) is 44.4 Å². The first-order valence-corrected chi connectivity index (χ1v) is 13.9. The fraction of sp³-hybridized carbons (Fsp3) is 0.357. The fourth-order valence-electron chi connectivity index (χ4n) is 5.27. The van der Waals surface area contributed by atoms with Gasteiger partial charge in [0, 0.05) is 42.6 Å². The van der Waals surface area contributed by atoms with Crippen molar-refractivity contribution in [3.63, 3.8) is 0 Å². The van der Waals surface area contributed by atoms with Gasteiger partial charge in [0.25, 0.3) is 5.91 Å². The highest BCUT2D eigenvalue weighted by Crippen LogP contribution is 2.38. The molecule has 0 radical (unpaired) electrons. The van der Waals surface area contributed by atoms with Crippen LogP contribution < -0.4 is 0 Å². The second kappa shape index (κ2) is 10.9. The van der Waals surface area contributed by atoms with Crippen molar-refractivity contribution >= 4 is 46.4 Å². The zero-order chi connectivity index (χ0) is 25.2. The van der Waals surface area contributed by atoms with Crippen LogP contribution in [0.2, 0.25) is 10.0 Å². The Hall–Kier alpha value is -2.38. The number of hydrogen-bond acceptors (Lipinski definition) is 4. The minimum absolute atomic E-state index is 0.0854. The molecule has 0 saturated carbocycles. The highest BCUT2D eigenvalue weighted by atomic mass is 35.5. The van der Waals surface area contributed by atoms with Crippen LogP contribution in [-0.2, 0) is 11.2 Å². The van der Waals surface area contributed by atoms with Crippen molar-refractivity contribution in [3.8, 4) is 0 Å². The summed E-state index contributed by atoms with van der Waals surface area (Å²) in [5, 5.41) is 3.01.